The molecule has 0 radical (unpaired) electrons. The molecule has 0 aliphatic carbocycles. The van der Waals surface area contributed by atoms with Gasteiger partial charge in [-0.25, -0.2) is 9.78 Å². The number of rotatable bonds is 5. The molecule has 0 saturated carbocycles. The van der Waals surface area contributed by atoms with Gasteiger partial charge >= 0.3 is 12.1 Å². The average molecular weight is 343 g/mol. The van der Waals surface area contributed by atoms with Crippen LogP contribution in [-0.4, -0.2) is 16.1 Å². The summed E-state index contributed by atoms with van der Waals surface area (Å²) < 4.78 is 42.7. The van der Waals surface area contributed by atoms with Crippen molar-refractivity contribution in [2.75, 3.05) is 0 Å². The van der Waals surface area contributed by atoms with Crippen molar-refractivity contribution in [3.63, 3.8) is 0 Å². The van der Waals surface area contributed by atoms with Crippen molar-refractivity contribution in [2.24, 2.45) is 0 Å². The number of nitrogens with zero attached hydrogens (tertiary/aromatic N) is 1. The number of ether oxygens (including phenoxy) is 1. The summed E-state index contributed by atoms with van der Waals surface area (Å²) in [4.78, 5) is 15.7. The summed E-state index contributed by atoms with van der Waals surface area (Å²) in [5, 5.41) is 11.8. The number of carbonyl (C=O) groups is 1. The molecule has 2 aromatic rings. The lowest BCUT2D eigenvalue weighted by molar-refractivity contribution is -0.141. The van der Waals surface area contributed by atoms with E-state index in [0.29, 0.717) is 0 Å². The van der Waals surface area contributed by atoms with E-state index in [9.17, 15) is 23.1 Å². The van der Waals surface area contributed by atoms with E-state index in [1.54, 1.807) is 5.38 Å². The number of aromatic nitrogens is 1. The first-order valence-corrected chi connectivity index (χ1v) is 7.26. The van der Waals surface area contributed by atoms with Crippen LogP contribution < -0.4 is 0 Å². The third-order valence-corrected chi connectivity index (χ3v) is 3.73. The van der Waals surface area contributed by atoms with Gasteiger partial charge in [0, 0.05) is 11.6 Å². The number of carbonyl (C=O) groups excluding carboxylic acids is 1. The van der Waals surface area contributed by atoms with Crippen LogP contribution in [0.15, 0.2) is 48.0 Å². The van der Waals surface area contributed by atoms with Gasteiger partial charge in [0.2, 0.25) is 0 Å². The normalized spacial score (nSPS) is 12.7. The third-order valence-electron chi connectivity index (χ3n) is 2.90. The summed E-state index contributed by atoms with van der Waals surface area (Å²) >= 11 is 1.14. The molecule has 0 aliphatic rings. The second kappa shape index (κ2) is 6.93. The van der Waals surface area contributed by atoms with Crippen LogP contribution in [0.3, 0.4) is 0 Å². The molecule has 0 fully saturated rings. The van der Waals surface area contributed by atoms with Crippen LogP contribution >= 0.6 is 11.3 Å². The average Bonchev–Trinajstić information content (AvgIpc) is 3.05. The predicted octanol–water partition coefficient (Wildman–Crippen LogP) is 3.49. The minimum atomic E-state index is -4.47. The number of hydrogen-bond donors (Lipinski definition) is 1. The Morgan fingerprint density at radius 3 is 2.78 bits per heavy atom. The highest BCUT2D eigenvalue weighted by molar-refractivity contribution is 7.09. The fraction of sp³-hybridized carbons (Fsp3) is 0.200. The number of aliphatic hydroxyl groups is 1. The summed E-state index contributed by atoms with van der Waals surface area (Å²) in [7, 11) is 0. The van der Waals surface area contributed by atoms with Crippen LogP contribution in [0.25, 0.3) is 0 Å². The Kier molecular flexibility index (Phi) is 5.17. The van der Waals surface area contributed by atoms with Crippen molar-refractivity contribution in [1.29, 1.82) is 0 Å². The van der Waals surface area contributed by atoms with Crippen LogP contribution in [0.5, 0.6) is 0 Å². The van der Waals surface area contributed by atoms with Gasteiger partial charge in [0.25, 0.3) is 0 Å². The number of benzene rings is 1. The summed E-state index contributed by atoms with van der Waals surface area (Å²) in [6, 6.07) is 4.46. The van der Waals surface area contributed by atoms with Crippen molar-refractivity contribution < 1.29 is 27.8 Å². The molecule has 23 heavy (non-hydrogen) atoms. The number of aliphatic hydroxyl groups excluding tert-OH is 1. The van der Waals surface area contributed by atoms with Crippen molar-refractivity contribution >= 4 is 17.3 Å². The fourth-order valence-corrected chi connectivity index (χ4v) is 2.36. The van der Waals surface area contributed by atoms with Crippen LogP contribution in [0.1, 0.15) is 22.2 Å². The highest BCUT2D eigenvalue weighted by Gasteiger charge is 2.30. The van der Waals surface area contributed by atoms with Crippen LogP contribution in [0.4, 0.5) is 13.2 Å². The monoisotopic (exact) mass is 343 g/mol. The first-order chi connectivity index (χ1) is 10.8. The zero-order valence-electron chi connectivity index (χ0n) is 11.7. The Balaban J connectivity index is 1.98. The first-order valence-electron chi connectivity index (χ1n) is 6.38. The molecule has 0 bridgehead atoms. The summed E-state index contributed by atoms with van der Waals surface area (Å²) in [6.45, 7) is 3.09. The van der Waals surface area contributed by atoms with Gasteiger partial charge < -0.3 is 9.84 Å². The number of esters is 1. The third kappa shape index (κ3) is 4.40. The molecule has 1 aromatic heterocycles. The van der Waals surface area contributed by atoms with E-state index in [1.165, 1.54) is 18.3 Å². The Morgan fingerprint density at radius 2 is 2.17 bits per heavy atom. The van der Waals surface area contributed by atoms with E-state index in [0.717, 1.165) is 23.5 Å². The van der Waals surface area contributed by atoms with E-state index < -0.39 is 23.8 Å². The molecule has 1 N–H and O–H groups in total. The van der Waals surface area contributed by atoms with E-state index >= 15 is 0 Å². The maximum absolute atomic E-state index is 12.6. The maximum Gasteiger partial charge on any atom is 0.416 e. The molecule has 1 aromatic carbocycles. The molecule has 0 saturated heterocycles. The molecule has 1 unspecified atom stereocenters. The minimum Gasteiger partial charge on any atom is -0.457 e. The standard InChI is InChI=1S/C15H12F3NO3S/c1-9(12(20)13-19-5-6-23-13)14(21)22-8-10-3-2-4-11(7-10)15(16,17)18/h2-7,12,20H,1,8H2. The Labute approximate surface area is 133 Å². The molecule has 1 heterocycles. The SMILES string of the molecule is C=C(C(=O)OCc1cccc(C(F)(F)F)c1)C(O)c1nccs1. The number of hydrogen-bond acceptors (Lipinski definition) is 5. The minimum absolute atomic E-state index is 0.185. The van der Waals surface area contributed by atoms with Crippen molar-refractivity contribution in [3.8, 4) is 0 Å². The second-order valence-electron chi connectivity index (χ2n) is 4.57. The lowest BCUT2D eigenvalue weighted by Gasteiger charge is -2.12. The van der Waals surface area contributed by atoms with Crippen LogP contribution in [0, 0.1) is 0 Å². The van der Waals surface area contributed by atoms with Gasteiger partial charge in [-0.3, -0.25) is 0 Å². The molecule has 0 aliphatic heterocycles. The number of thiazole rings is 1. The topological polar surface area (TPSA) is 59.4 Å². The van der Waals surface area contributed by atoms with Gasteiger partial charge in [0.05, 0.1) is 11.1 Å². The molecular weight excluding hydrogens is 331 g/mol. The Morgan fingerprint density at radius 1 is 1.43 bits per heavy atom. The molecule has 2 rings (SSSR count). The summed E-state index contributed by atoms with van der Waals surface area (Å²) in [5.41, 5.74) is -0.871. The summed E-state index contributed by atoms with van der Waals surface area (Å²) in [5.74, 6) is -0.898. The smallest absolute Gasteiger partial charge is 0.416 e. The van der Waals surface area contributed by atoms with E-state index in [4.69, 9.17) is 4.74 Å². The molecular formula is C15H12F3NO3S. The highest BCUT2D eigenvalue weighted by atomic mass is 32.1. The quantitative estimate of drug-likeness (QED) is 0.667. The molecule has 8 heteroatoms. The first kappa shape index (κ1) is 17.2. The molecule has 0 amide bonds. The second-order valence-corrected chi connectivity index (χ2v) is 5.50. The molecule has 0 spiro atoms. The Bertz CT molecular complexity index is 698. The number of alkyl halides is 3. The van der Waals surface area contributed by atoms with Gasteiger partial charge in [0.1, 0.15) is 17.7 Å². The van der Waals surface area contributed by atoms with E-state index in [2.05, 4.69) is 11.6 Å². The fourth-order valence-electron chi connectivity index (χ4n) is 1.71. The molecule has 1 atom stereocenters. The van der Waals surface area contributed by atoms with E-state index in [1.807, 2.05) is 0 Å². The zero-order valence-corrected chi connectivity index (χ0v) is 12.5. The van der Waals surface area contributed by atoms with Crippen LogP contribution in [-0.2, 0) is 22.3 Å². The Hall–Kier alpha value is -2.19. The predicted molar refractivity (Wildman–Crippen MR) is 77.5 cm³/mol. The van der Waals surface area contributed by atoms with Gasteiger partial charge in [-0.15, -0.1) is 11.3 Å². The molecule has 122 valence electrons. The van der Waals surface area contributed by atoms with Gasteiger partial charge in [-0.1, -0.05) is 18.7 Å². The molecule has 4 nitrogen and oxygen atoms in total. The van der Waals surface area contributed by atoms with Gasteiger partial charge in [-0.05, 0) is 17.7 Å². The lowest BCUT2D eigenvalue weighted by atomic mass is 10.1. The van der Waals surface area contributed by atoms with Gasteiger partial charge in [0.15, 0.2) is 0 Å². The van der Waals surface area contributed by atoms with Crippen molar-refractivity contribution in [3.05, 3.63) is 64.1 Å². The maximum atomic E-state index is 12.6. The van der Waals surface area contributed by atoms with Crippen molar-refractivity contribution in [1.82, 2.24) is 4.98 Å². The van der Waals surface area contributed by atoms with Gasteiger partial charge in [-0.2, -0.15) is 13.2 Å². The zero-order chi connectivity index (χ0) is 17.0. The largest absolute Gasteiger partial charge is 0.457 e. The highest BCUT2D eigenvalue weighted by Crippen LogP contribution is 2.30. The number of halogens is 3. The summed E-state index contributed by atoms with van der Waals surface area (Å²) in [6.07, 6.45) is -4.31. The van der Waals surface area contributed by atoms with Crippen LogP contribution in [0.2, 0.25) is 0 Å². The lowest BCUT2D eigenvalue weighted by Crippen LogP contribution is -2.14. The van der Waals surface area contributed by atoms with E-state index in [-0.39, 0.29) is 22.8 Å². The van der Waals surface area contributed by atoms with Crippen molar-refractivity contribution in [2.45, 2.75) is 18.9 Å².